The van der Waals surface area contributed by atoms with E-state index in [1.54, 1.807) is 18.1 Å². The molecule has 226 valence electrons. The van der Waals surface area contributed by atoms with Crippen molar-refractivity contribution in [2.45, 2.75) is 45.1 Å². The van der Waals surface area contributed by atoms with Gasteiger partial charge in [-0.2, -0.15) is 5.26 Å². The number of nitrogens with zero attached hydrogens (tertiary/aromatic N) is 6. The first-order valence-corrected chi connectivity index (χ1v) is 13.9. The summed E-state index contributed by atoms with van der Waals surface area (Å²) in [6.07, 6.45) is 2.10. The second-order valence-electron chi connectivity index (χ2n) is 10.9. The highest BCUT2D eigenvalue weighted by atomic mass is 16.7. The standard InChI is InChI=1S/C29H40N8O5/c1-29(2)27(38)36(12-11-35(29)3)18-20-14-19-8-7-10-37(25(19)34-24(20)26(41-5)42-6)28(39)33-23-15-22(31-9-13-40-4)21(16-30)17-32-23/h14-15,17,26H,7-13,18H2,1-6H3,(H2,31,32,33,39). The molecule has 0 aromatic carbocycles. The number of likely N-dealkylation sites (N-methyl/N-ethyl adjacent to an activating group) is 1. The Bertz CT molecular complexity index is 1340. The minimum absolute atomic E-state index is 0.0401. The van der Waals surface area contributed by atoms with Crippen LogP contribution in [0.4, 0.5) is 22.1 Å². The van der Waals surface area contributed by atoms with E-state index in [1.165, 1.54) is 20.4 Å². The zero-order chi connectivity index (χ0) is 30.4. The minimum Gasteiger partial charge on any atom is -0.383 e. The van der Waals surface area contributed by atoms with Gasteiger partial charge >= 0.3 is 6.03 Å². The predicted octanol–water partition coefficient (Wildman–Crippen LogP) is 2.74. The second-order valence-corrected chi connectivity index (χ2v) is 10.9. The van der Waals surface area contributed by atoms with E-state index < -0.39 is 17.9 Å². The van der Waals surface area contributed by atoms with Gasteiger partial charge in [-0.05, 0) is 50.9 Å². The first kappa shape index (κ1) is 31.1. The summed E-state index contributed by atoms with van der Waals surface area (Å²) in [5.74, 6) is 0.845. The Hall–Kier alpha value is -3.83. The van der Waals surface area contributed by atoms with Crippen molar-refractivity contribution in [2.24, 2.45) is 0 Å². The zero-order valence-electron chi connectivity index (χ0n) is 25.2. The smallest absolute Gasteiger partial charge is 0.328 e. The van der Waals surface area contributed by atoms with E-state index in [2.05, 4.69) is 26.6 Å². The maximum atomic E-state index is 13.5. The Labute approximate surface area is 246 Å². The Morgan fingerprint density at radius 3 is 2.64 bits per heavy atom. The van der Waals surface area contributed by atoms with Crippen LogP contribution in [0.5, 0.6) is 0 Å². The number of hydrogen-bond acceptors (Lipinski definition) is 10. The fraction of sp³-hybridized carbons (Fsp3) is 0.552. The summed E-state index contributed by atoms with van der Waals surface area (Å²) in [5, 5.41) is 15.4. The molecule has 0 aliphatic carbocycles. The van der Waals surface area contributed by atoms with E-state index in [4.69, 9.17) is 19.2 Å². The number of piperazine rings is 1. The molecule has 4 heterocycles. The van der Waals surface area contributed by atoms with Gasteiger partial charge in [-0.1, -0.05) is 0 Å². The Kier molecular flexibility index (Phi) is 9.95. The summed E-state index contributed by atoms with van der Waals surface area (Å²) in [5.41, 5.74) is 2.53. The lowest BCUT2D eigenvalue weighted by atomic mass is 9.96. The number of ether oxygens (including phenoxy) is 3. The summed E-state index contributed by atoms with van der Waals surface area (Å²) in [6, 6.07) is 5.34. The van der Waals surface area contributed by atoms with Gasteiger partial charge < -0.3 is 24.4 Å². The highest BCUT2D eigenvalue weighted by molar-refractivity contribution is 6.01. The minimum atomic E-state index is -0.784. The fourth-order valence-electron chi connectivity index (χ4n) is 5.19. The van der Waals surface area contributed by atoms with Crippen molar-refractivity contribution in [1.29, 1.82) is 5.26 Å². The summed E-state index contributed by atoms with van der Waals surface area (Å²) in [4.78, 5) is 41.5. The number of hydrogen-bond donors (Lipinski definition) is 2. The lowest BCUT2D eigenvalue weighted by Gasteiger charge is -2.44. The summed E-state index contributed by atoms with van der Waals surface area (Å²) < 4.78 is 16.3. The van der Waals surface area contributed by atoms with Gasteiger partial charge in [0.1, 0.15) is 23.4 Å². The van der Waals surface area contributed by atoms with Gasteiger partial charge in [-0.25, -0.2) is 14.8 Å². The molecular formula is C29H40N8O5. The number of pyridine rings is 2. The molecule has 2 aromatic heterocycles. The number of amides is 3. The number of nitriles is 1. The van der Waals surface area contributed by atoms with Crippen molar-refractivity contribution >= 4 is 29.3 Å². The SMILES string of the molecule is COCCNc1cc(NC(=O)N2CCCc3cc(CN4CCN(C)C(C)(C)C4=O)c(C(OC)OC)nc32)ncc1C#N. The molecule has 2 aromatic rings. The molecule has 0 radical (unpaired) electrons. The number of fused-ring (bicyclic) bond motifs is 1. The number of aryl methyl sites for hydroxylation is 1. The molecule has 2 aliphatic heterocycles. The maximum absolute atomic E-state index is 13.5. The van der Waals surface area contributed by atoms with E-state index >= 15 is 0 Å². The number of methoxy groups -OCH3 is 3. The summed E-state index contributed by atoms with van der Waals surface area (Å²) in [7, 11) is 6.61. The van der Waals surface area contributed by atoms with Gasteiger partial charge in [0, 0.05) is 66.3 Å². The maximum Gasteiger partial charge on any atom is 0.328 e. The van der Waals surface area contributed by atoms with E-state index in [-0.39, 0.29) is 5.91 Å². The van der Waals surface area contributed by atoms with Crippen molar-refractivity contribution in [2.75, 3.05) is 76.7 Å². The molecule has 0 unspecified atom stereocenters. The van der Waals surface area contributed by atoms with E-state index in [1.807, 2.05) is 31.9 Å². The van der Waals surface area contributed by atoms with Crippen LogP contribution in [-0.4, -0.2) is 98.4 Å². The highest BCUT2D eigenvalue weighted by Gasteiger charge is 2.40. The van der Waals surface area contributed by atoms with Crippen LogP contribution in [0.25, 0.3) is 0 Å². The third kappa shape index (κ3) is 6.47. The van der Waals surface area contributed by atoms with Crippen LogP contribution in [-0.2, 0) is 32.0 Å². The normalized spacial score (nSPS) is 16.8. The molecule has 2 N–H and O–H groups in total. The van der Waals surface area contributed by atoms with Crippen molar-refractivity contribution < 1.29 is 23.8 Å². The highest BCUT2D eigenvalue weighted by Crippen LogP contribution is 2.33. The molecule has 0 saturated carbocycles. The Morgan fingerprint density at radius 2 is 1.95 bits per heavy atom. The largest absolute Gasteiger partial charge is 0.383 e. The number of carbonyl (C=O) groups excluding carboxylic acids is 2. The lowest BCUT2D eigenvalue weighted by molar-refractivity contribution is -0.148. The van der Waals surface area contributed by atoms with E-state index in [9.17, 15) is 14.9 Å². The van der Waals surface area contributed by atoms with Gasteiger partial charge in [0.25, 0.3) is 0 Å². The molecule has 1 fully saturated rings. The van der Waals surface area contributed by atoms with E-state index in [0.717, 1.165) is 30.5 Å². The molecule has 13 nitrogen and oxygen atoms in total. The number of nitrogens with one attached hydrogen (secondary N) is 2. The molecule has 13 heteroatoms. The first-order valence-electron chi connectivity index (χ1n) is 13.9. The average molecular weight is 581 g/mol. The van der Waals surface area contributed by atoms with Crippen LogP contribution in [0.3, 0.4) is 0 Å². The molecular weight excluding hydrogens is 540 g/mol. The molecule has 4 rings (SSSR count). The fourth-order valence-corrected chi connectivity index (χ4v) is 5.19. The number of rotatable bonds is 10. The van der Waals surface area contributed by atoms with Crippen LogP contribution in [0.1, 0.15) is 48.9 Å². The monoisotopic (exact) mass is 580 g/mol. The van der Waals surface area contributed by atoms with Crippen LogP contribution in [0, 0.1) is 11.3 Å². The van der Waals surface area contributed by atoms with Crippen molar-refractivity contribution in [3.63, 3.8) is 0 Å². The predicted molar refractivity (Wildman–Crippen MR) is 157 cm³/mol. The van der Waals surface area contributed by atoms with E-state index in [0.29, 0.717) is 61.4 Å². The molecule has 42 heavy (non-hydrogen) atoms. The quantitative estimate of drug-likeness (QED) is 0.318. The van der Waals surface area contributed by atoms with Gasteiger partial charge in [0.05, 0.1) is 23.4 Å². The van der Waals surface area contributed by atoms with Crippen LogP contribution < -0.4 is 15.5 Å². The third-order valence-electron chi connectivity index (χ3n) is 7.88. The van der Waals surface area contributed by atoms with Crippen molar-refractivity contribution in [1.82, 2.24) is 19.8 Å². The van der Waals surface area contributed by atoms with Gasteiger partial charge in [-0.15, -0.1) is 0 Å². The Balaban J connectivity index is 1.62. The lowest BCUT2D eigenvalue weighted by Crippen LogP contribution is -2.61. The van der Waals surface area contributed by atoms with Gasteiger partial charge in [0.2, 0.25) is 12.2 Å². The molecule has 0 bridgehead atoms. The second kappa shape index (κ2) is 13.4. The summed E-state index contributed by atoms with van der Waals surface area (Å²) >= 11 is 0. The topological polar surface area (TPSA) is 145 Å². The average Bonchev–Trinajstić information content (AvgIpc) is 2.98. The number of urea groups is 1. The van der Waals surface area contributed by atoms with Gasteiger partial charge in [0.15, 0.2) is 0 Å². The summed E-state index contributed by atoms with van der Waals surface area (Å²) in [6.45, 7) is 6.97. The van der Waals surface area contributed by atoms with Crippen LogP contribution >= 0.6 is 0 Å². The van der Waals surface area contributed by atoms with Crippen molar-refractivity contribution in [3.05, 3.63) is 40.7 Å². The number of aromatic nitrogens is 2. The molecule has 1 saturated heterocycles. The van der Waals surface area contributed by atoms with Gasteiger partial charge in [-0.3, -0.25) is 19.9 Å². The molecule has 3 amide bonds. The molecule has 0 atom stereocenters. The van der Waals surface area contributed by atoms with Crippen molar-refractivity contribution in [3.8, 4) is 6.07 Å². The zero-order valence-corrected chi connectivity index (χ0v) is 25.2. The third-order valence-corrected chi connectivity index (χ3v) is 7.88. The Morgan fingerprint density at radius 1 is 1.19 bits per heavy atom. The molecule has 0 spiro atoms. The van der Waals surface area contributed by atoms with Crippen LogP contribution in [0.15, 0.2) is 18.3 Å². The molecule has 2 aliphatic rings. The number of anilines is 3. The first-order chi connectivity index (χ1) is 20.1. The number of carbonyl (C=O) groups is 2. The van der Waals surface area contributed by atoms with Crippen LogP contribution in [0.2, 0.25) is 0 Å².